The van der Waals surface area contributed by atoms with Gasteiger partial charge in [-0.1, -0.05) is 27.7 Å². The Morgan fingerprint density at radius 2 is 1.23 bits per heavy atom. The molecule has 0 bridgehead atoms. The summed E-state index contributed by atoms with van der Waals surface area (Å²) in [5.41, 5.74) is -0.386. The van der Waals surface area contributed by atoms with Gasteiger partial charge in [-0.05, 0) is 43.6 Å². The van der Waals surface area contributed by atoms with Crippen LogP contribution in [0.15, 0.2) is 0 Å². The van der Waals surface area contributed by atoms with E-state index in [2.05, 4.69) is 79.6 Å². The summed E-state index contributed by atoms with van der Waals surface area (Å²) in [6, 6.07) is 0.187. The van der Waals surface area contributed by atoms with Crippen LogP contribution in [-0.4, -0.2) is 41.1 Å². The molecule has 1 heterocycles. The van der Waals surface area contributed by atoms with Crippen LogP contribution in [0, 0.1) is 51.2 Å². The summed E-state index contributed by atoms with van der Waals surface area (Å²) in [5, 5.41) is 1.83. The van der Waals surface area contributed by atoms with E-state index >= 15 is 0 Å². The SMILES string of the molecule is CC(C)[C@H]1N(C)O[C@@H](C)[C@]1(C)[C-]=[OH+].CCC[SH2+].[C-]#[O+].[C-]#[O+].[C-]#[O+].[C-]#[O+].[C-]#[O+].[C-]#[O+].[Fe].[Fe]. The molecule has 0 aromatic rings. The Bertz CT molecular complexity index is 419. The predicted octanol–water partition coefficient (Wildman–Crippen LogP) is 1.51. The van der Waals surface area contributed by atoms with Gasteiger partial charge in [-0.25, -0.2) is 0 Å². The van der Waals surface area contributed by atoms with Crippen LogP contribution in [0.5, 0.6) is 0 Å². The minimum Gasteiger partial charge on any atom is 0 e. The topological polar surface area (TPSA) is 153 Å². The molecule has 1 saturated heterocycles. The summed E-state index contributed by atoms with van der Waals surface area (Å²) in [6.45, 7) is 37.3. The summed E-state index contributed by atoms with van der Waals surface area (Å²) in [5.74, 6) is 1.56. The van der Waals surface area contributed by atoms with Crippen molar-refractivity contribution in [3.8, 4) is 0 Å². The van der Waals surface area contributed by atoms with Gasteiger partial charge in [0.05, 0.1) is 6.10 Å². The Balaban J connectivity index is -0.0000000327. The molecule has 1 fully saturated rings. The van der Waals surface area contributed by atoms with E-state index in [4.69, 9.17) is 32.8 Å². The smallest absolute Gasteiger partial charge is 0 e. The van der Waals surface area contributed by atoms with Gasteiger partial charge in [0.1, 0.15) is 5.75 Å². The minimum absolute atomic E-state index is 0. The number of nitrogens with zero attached hydrogens (tertiary/aromatic N) is 1. The minimum atomic E-state index is -0.386. The second-order valence-electron chi connectivity index (χ2n) is 5.13. The van der Waals surface area contributed by atoms with Crippen molar-refractivity contribution in [3.05, 3.63) is 39.9 Å². The van der Waals surface area contributed by atoms with Crippen LogP contribution in [0.4, 0.5) is 0 Å². The van der Waals surface area contributed by atoms with Gasteiger partial charge in [0.15, 0.2) is 0 Å². The molecule has 0 amide bonds. The number of hydrogen-bond acceptors (Lipinski definition) is 2. The third kappa shape index (κ3) is 29.4. The molecule has 178 valence electrons. The second-order valence-corrected chi connectivity index (χ2v) is 5.63. The van der Waals surface area contributed by atoms with Crippen molar-refractivity contribution in [1.29, 1.82) is 0 Å². The molecular weight excluding hydrogens is 514 g/mol. The van der Waals surface area contributed by atoms with Gasteiger partial charge in [0.2, 0.25) is 0 Å². The van der Waals surface area contributed by atoms with E-state index in [-0.39, 0.29) is 51.7 Å². The Morgan fingerprint density at radius 1 is 0.968 bits per heavy atom. The number of carbonyl (C=O) groups excluding carboxylic acids is 1. The van der Waals surface area contributed by atoms with E-state index in [1.165, 1.54) is 6.42 Å². The average molecular weight is 542 g/mol. The first-order valence-corrected chi connectivity index (χ1v) is 8.23. The second kappa shape index (κ2) is 51.8. The Kier molecular flexibility index (Phi) is 95.9. The standard InChI is InChI=1S/C10H19NO2.C3H8S.6CO.2Fe/c1-7(2)9-10(4,6-12)8(3)13-11(9)5;1-2-3-4;6*1-2;;/h7-9,12H,1-5H3;4H,2-3H2,1H3;;;;;;;;/p+1/t8-,9+,10-;;;;;;;;;/m0........./s1. The molecule has 0 aromatic heterocycles. The van der Waals surface area contributed by atoms with Crippen LogP contribution < -0.4 is 0 Å². The molecule has 31 heavy (non-hydrogen) atoms. The third-order valence-corrected chi connectivity index (χ3v) is 3.80. The molecule has 1 rings (SSSR count). The van der Waals surface area contributed by atoms with Gasteiger partial charge >= 0.3 is 67.8 Å². The van der Waals surface area contributed by atoms with Gasteiger partial charge < -0.3 is 4.79 Å². The summed E-state index contributed by atoms with van der Waals surface area (Å²) in [4.78, 5) is 14.7. The number of rotatable bonds is 3. The molecule has 0 radical (unpaired) electrons. The van der Waals surface area contributed by atoms with E-state index in [1.54, 1.807) is 0 Å². The van der Waals surface area contributed by atoms with Gasteiger partial charge in [-0.2, -0.15) is 5.06 Å². The number of hydroxylamine groups is 2. The zero-order valence-corrected chi connectivity index (χ0v) is 21.3. The molecule has 0 aromatic carbocycles. The molecule has 0 aliphatic carbocycles. The van der Waals surface area contributed by atoms with Crippen LogP contribution in [0.1, 0.15) is 41.0 Å². The summed E-state index contributed by atoms with van der Waals surface area (Å²) < 4.78 is 45.0. The van der Waals surface area contributed by atoms with Crippen molar-refractivity contribution in [2.45, 2.75) is 53.2 Å². The van der Waals surface area contributed by atoms with E-state index in [9.17, 15) is 4.79 Å². The van der Waals surface area contributed by atoms with Crippen LogP contribution in [-0.2, 0) is 79.5 Å². The van der Waals surface area contributed by atoms with Gasteiger partial charge in [-0.15, -0.1) is 0 Å². The molecular formula is C19H28Fe2NO8S+. The van der Waals surface area contributed by atoms with Gasteiger partial charge in [-0.3, -0.25) is 4.84 Å². The largest absolute Gasteiger partial charge is 0 e. The molecule has 3 atom stereocenters. The Labute approximate surface area is 212 Å². The molecule has 12 heteroatoms. The van der Waals surface area contributed by atoms with Crippen molar-refractivity contribution in [1.82, 2.24) is 5.06 Å². The van der Waals surface area contributed by atoms with Crippen LogP contribution in [0.2, 0.25) is 0 Å². The third-order valence-electron chi connectivity index (χ3n) is 3.30. The molecule has 0 spiro atoms. The normalized spacial score (nSPS) is 18.7. The van der Waals surface area contributed by atoms with E-state index in [0.717, 1.165) is 5.75 Å². The average Bonchev–Trinajstić information content (AvgIpc) is 3.05. The fourth-order valence-corrected chi connectivity index (χ4v) is 2.31. The Morgan fingerprint density at radius 3 is 1.35 bits per heavy atom. The monoisotopic (exact) mass is 542 g/mol. The van der Waals surface area contributed by atoms with Crippen molar-refractivity contribution in [2.24, 2.45) is 11.3 Å². The van der Waals surface area contributed by atoms with Crippen molar-refractivity contribution in [3.63, 3.8) is 0 Å². The quantitative estimate of drug-likeness (QED) is 0.302. The number of hydrogen-bond donors (Lipinski definition) is 0. The molecule has 0 unspecified atom stereocenters. The molecule has 1 N–H and O–H groups in total. The van der Waals surface area contributed by atoms with E-state index in [1.807, 2.05) is 26.0 Å². The van der Waals surface area contributed by atoms with Crippen molar-refractivity contribution >= 4 is 18.9 Å². The van der Waals surface area contributed by atoms with Crippen molar-refractivity contribution < 1.29 is 71.7 Å². The summed E-state index contributed by atoms with van der Waals surface area (Å²) in [7, 11) is 1.91. The zero-order valence-electron chi connectivity index (χ0n) is 18.1. The van der Waals surface area contributed by atoms with Crippen LogP contribution >= 0.6 is 0 Å². The van der Waals surface area contributed by atoms with Gasteiger partial charge in [0.25, 0.3) is 0 Å². The maximum Gasteiger partial charge on any atom is 0 e. The summed E-state index contributed by atoms with van der Waals surface area (Å²) in [6.07, 6.45) is 3.60. The fraction of sp³-hybridized carbons (Fsp3) is 0.632. The van der Waals surface area contributed by atoms with Crippen LogP contribution in [0.25, 0.3) is 0 Å². The van der Waals surface area contributed by atoms with Crippen molar-refractivity contribution in [2.75, 3.05) is 12.8 Å². The molecule has 1 aliphatic heterocycles. The van der Waals surface area contributed by atoms with Crippen LogP contribution in [0.3, 0.4) is 0 Å². The van der Waals surface area contributed by atoms with Gasteiger partial charge in [0, 0.05) is 47.2 Å². The maximum absolute atomic E-state index is 9.18. The molecule has 0 saturated carbocycles. The summed E-state index contributed by atoms with van der Waals surface area (Å²) >= 11 is 3.29. The van der Waals surface area contributed by atoms with E-state index < -0.39 is 0 Å². The fourth-order valence-electron chi connectivity index (χ4n) is 2.31. The van der Waals surface area contributed by atoms with E-state index in [0.29, 0.717) is 5.92 Å². The Hall–Kier alpha value is -0.581. The predicted molar refractivity (Wildman–Crippen MR) is 101 cm³/mol. The zero-order chi connectivity index (χ0) is 25.6. The first kappa shape index (κ1) is 57.4. The molecule has 9 nitrogen and oxygen atoms in total. The maximum atomic E-state index is 9.18. The molecule has 1 aliphatic rings. The first-order valence-electron chi connectivity index (χ1n) is 7.53. The first-order chi connectivity index (χ1) is 13.8.